The van der Waals surface area contributed by atoms with Gasteiger partial charge >= 0.3 is 0 Å². The van der Waals surface area contributed by atoms with Crippen molar-refractivity contribution in [2.75, 3.05) is 43.5 Å². The summed E-state index contributed by atoms with van der Waals surface area (Å²) in [5, 5.41) is 1.85. The van der Waals surface area contributed by atoms with Crippen LogP contribution in [0, 0.1) is 0 Å². The quantitative estimate of drug-likeness (QED) is 0.428. The molecule has 30 heavy (non-hydrogen) atoms. The highest BCUT2D eigenvalue weighted by Gasteiger charge is 2.17. The Labute approximate surface area is 181 Å². The summed E-state index contributed by atoms with van der Waals surface area (Å²) < 4.78 is 5.44. The van der Waals surface area contributed by atoms with Gasteiger partial charge in [-0.1, -0.05) is 48.2 Å². The molecule has 0 unspecified atom stereocenters. The maximum atomic E-state index is 12.9. The summed E-state index contributed by atoms with van der Waals surface area (Å²) in [5.74, 6) is 1.20. The number of hydrogen-bond acceptors (Lipinski definition) is 6. The SMILES string of the molecule is CCN(C(=O)CSc1nc(CN2CCOCC2)nc2ccccc12)c1ccccc1. The molecule has 0 bridgehead atoms. The molecule has 1 saturated heterocycles. The molecule has 2 aromatic carbocycles. The van der Waals surface area contributed by atoms with Gasteiger partial charge in [0, 0.05) is 30.7 Å². The van der Waals surface area contributed by atoms with Crippen LogP contribution in [0.15, 0.2) is 59.6 Å². The van der Waals surface area contributed by atoms with Crippen LogP contribution in [0.5, 0.6) is 0 Å². The van der Waals surface area contributed by atoms with Gasteiger partial charge in [-0.2, -0.15) is 0 Å². The third-order valence-electron chi connectivity index (χ3n) is 5.10. The van der Waals surface area contributed by atoms with Crippen LogP contribution in [-0.2, 0) is 16.1 Å². The molecule has 4 rings (SSSR count). The lowest BCUT2D eigenvalue weighted by atomic mass is 10.2. The number of morpholine rings is 1. The molecule has 1 amide bonds. The lowest BCUT2D eigenvalue weighted by molar-refractivity contribution is -0.116. The first kappa shape index (κ1) is 20.8. The number of carbonyl (C=O) groups excluding carboxylic acids is 1. The Morgan fingerprint density at radius 1 is 1.07 bits per heavy atom. The van der Waals surface area contributed by atoms with Gasteiger partial charge in [-0.15, -0.1) is 0 Å². The topological polar surface area (TPSA) is 58.6 Å². The highest BCUT2D eigenvalue weighted by Crippen LogP contribution is 2.26. The number of para-hydroxylation sites is 2. The number of hydrogen-bond donors (Lipinski definition) is 0. The number of fused-ring (bicyclic) bond motifs is 1. The number of rotatable bonds is 7. The van der Waals surface area contributed by atoms with Gasteiger partial charge < -0.3 is 9.64 Å². The van der Waals surface area contributed by atoms with Crippen LogP contribution in [0.2, 0.25) is 0 Å². The summed E-state index contributed by atoms with van der Waals surface area (Å²) in [4.78, 5) is 26.6. The van der Waals surface area contributed by atoms with Crippen molar-refractivity contribution in [1.82, 2.24) is 14.9 Å². The van der Waals surface area contributed by atoms with E-state index < -0.39 is 0 Å². The number of ether oxygens (including phenoxy) is 1. The minimum atomic E-state index is 0.0751. The summed E-state index contributed by atoms with van der Waals surface area (Å²) >= 11 is 1.49. The van der Waals surface area contributed by atoms with E-state index in [2.05, 4.69) is 4.90 Å². The second-order valence-electron chi connectivity index (χ2n) is 7.11. The molecule has 3 aromatic rings. The lowest BCUT2D eigenvalue weighted by Gasteiger charge is -2.26. The summed E-state index contributed by atoms with van der Waals surface area (Å²) in [6, 6.07) is 17.8. The van der Waals surface area contributed by atoms with Crippen molar-refractivity contribution in [3.8, 4) is 0 Å². The molecule has 0 spiro atoms. The number of thioether (sulfide) groups is 1. The molecule has 0 aliphatic carbocycles. The van der Waals surface area contributed by atoms with Crippen LogP contribution in [0.1, 0.15) is 12.7 Å². The maximum Gasteiger partial charge on any atom is 0.237 e. The largest absolute Gasteiger partial charge is 0.379 e. The zero-order valence-corrected chi connectivity index (χ0v) is 18.0. The van der Waals surface area contributed by atoms with Gasteiger partial charge in [0.1, 0.15) is 10.9 Å². The Hall–Kier alpha value is -2.48. The highest BCUT2D eigenvalue weighted by atomic mass is 32.2. The summed E-state index contributed by atoms with van der Waals surface area (Å²) in [5.41, 5.74) is 1.84. The molecule has 6 nitrogen and oxygen atoms in total. The van der Waals surface area contributed by atoms with E-state index in [1.165, 1.54) is 11.8 Å². The zero-order valence-electron chi connectivity index (χ0n) is 17.2. The van der Waals surface area contributed by atoms with Gasteiger partial charge in [-0.05, 0) is 25.1 Å². The van der Waals surface area contributed by atoms with Crippen molar-refractivity contribution in [3.63, 3.8) is 0 Å². The number of benzene rings is 2. The molecule has 7 heteroatoms. The third-order valence-corrected chi connectivity index (χ3v) is 6.08. The number of aromatic nitrogens is 2. The van der Waals surface area contributed by atoms with Gasteiger partial charge in [0.05, 0.1) is 31.0 Å². The van der Waals surface area contributed by atoms with Crippen LogP contribution >= 0.6 is 11.8 Å². The molecule has 0 saturated carbocycles. The van der Waals surface area contributed by atoms with E-state index in [0.717, 1.165) is 53.7 Å². The molecule has 2 heterocycles. The standard InChI is InChI=1S/C23H26N4O2S/c1-2-27(18-8-4-3-5-9-18)22(28)17-30-23-19-10-6-7-11-20(19)24-21(25-23)16-26-12-14-29-15-13-26/h3-11H,2,12-17H2,1H3. The molecule has 1 aromatic heterocycles. The normalized spacial score (nSPS) is 14.7. The molecule has 0 radical (unpaired) electrons. The van der Waals surface area contributed by atoms with Crippen molar-refractivity contribution in [3.05, 3.63) is 60.4 Å². The zero-order chi connectivity index (χ0) is 20.8. The second-order valence-corrected chi connectivity index (χ2v) is 8.08. The van der Waals surface area contributed by atoms with E-state index in [1.807, 2.05) is 66.4 Å². The molecule has 1 aliphatic rings. The number of carbonyl (C=O) groups is 1. The fourth-order valence-corrected chi connectivity index (χ4v) is 4.47. The lowest BCUT2D eigenvalue weighted by Crippen LogP contribution is -2.36. The Balaban J connectivity index is 1.53. The second kappa shape index (κ2) is 10.0. The molecule has 0 atom stereocenters. The van der Waals surface area contributed by atoms with Crippen LogP contribution in [-0.4, -0.2) is 59.4 Å². The first-order valence-electron chi connectivity index (χ1n) is 10.3. The third kappa shape index (κ3) is 4.98. The first-order valence-corrected chi connectivity index (χ1v) is 11.3. The monoisotopic (exact) mass is 422 g/mol. The van der Waals surface area contributed by atoms with Crippen molar-refractivity contribution in [2.45, 2.75) is 18.5 Å². The fraction of sp³-hybridized carbons (Fsp3) is 0.348. The van der Waals surface area contributed by atoms with Crippen molar-refractivity contribution in [2.24, 2.45) is 0 Å². The van der Waals surface area contributed by atoms with E-state index in [0.29, 0.717) is 18.8 Å². The molecule has 156 valence electrons. The van der Waals surface area contributed by atoms with E-state index in [-0.39, 0.29) is 5.91 Å². The Bertz CT molecular complexity index is 993. The Morgan fingerprint density at radius 2 is 1.80 bits per heavy atom. The van der Waals surface area contributed by atoms with Crippen LogP contribution in [0.4, 0.5) is 5.69 Å². The number of nitrogens with zero attached hydrogens (tertiary/aromatic N) is 4. The van der Waals surface area contributed by atoms with E-state index in [9.17, 15) is 4.79 Å². The van der Waals surface area contributed by atoms with Crippen molar-refractivity contribution >= 4 is 34.3 Å². The summed E-state index contributed by atoms with van der Waals surface area (Å²) in [6.07, 6.45) is 0. The predicted molar refractivity (Wildman–Crippen MR) is 121 cm³/mol. The Morgan fingerprint density at radius 3 is 2.57 bits per heavy atom. The van der Waals surface area contributed by atoms with E-state index in [1.54, 1.807) is 0 Å². The average Bonchev–Trinajstić information content (AvgIpc) is 2.79. The van der Waals surface area contributed by atoms with Gasteiger partial charge in [-0.25, -0.2) is 9.97 Å². The fourth-order valence-electron chi connectivity index (χ4n) is 3.55. The summed E-state index contributed by atoms with van der Waals surface area (Å²) in [7, 11) is 0. The predicted octanol–water partition coefficient (Wildman–Crippen LogP) is 3.61. The van der Waals surface area contributed by atoms with Crippen molar-refractivity contribution < 1.29 is 9.53 Å². The van der Waals surface area contributed by atoms with Crippen LogP contribution < -0.4 is 4.90 Å². The molecule has 1 aliphatic heterocycles. The van der Waals surface area contributed by atoms with Gasteiger partial charge in [0.25, 0.3) is 0 Å². The van der Waals surface area contributed by atoms with Gasteiger partial charge in [0.2, 0.25) is 5.91 Å². The minimum Gasteiger partial charge on any atom is -0.379 e. The number of anilines is 1. The van der Waals surface area contributed by atoms with Crippen LogP contribution in [0.25, 0.3) is 10.9 Å². The molecular formula is C23H26N4O2S. The average molecular weight is 423 g/mol. The minimum absolute atomic E-state index is 0.0751. The van der Waals surface area contributed by atoms with Crippen LogP contribution in [0.3, 0.4) is 0 Å². The Kier molecular flexibility index (Phi) is 6.94. The summed E-state index contributed by atoms with van der Waals surface area (Å²) in [6.45, 7) is 6.60. The van der Waals surface area contributed by atoms with E-state index in [4.69, 9.17) is 14.7 Å². The molecular weight excluding hydrogens is 396 g/mol. The van der Waals surface area contributed by atoms with Gasteiger partial charge in [-0.3, -0.25) is 9.69 Å². The van der Waals surface area contributed by atoms with Gasteiger partial charge in [0.15, 0.2) is 0 Å². The first-order chi connectivity index (χ1) is 14.7. The molecule has 0 N–H and O–H groups in total. The highest BCUT2D eigenvalue weighted by molar-refractivity contribution is 8.00. The maximum absolute atomic E-state index is 12.9. The molecule has 1 fully saturated rings. The van der Waals surface area contributed by atoms with E-state index >= 15 is 0 Å². The smallest absolute Gasteiger partial charge is 0.237 e. The number of amides is 1. The van der Waals surface area contributed by atoms with Crippen molar-refractivity contribution in [1.29, 1.82) is 0 Å².